The maximum atomic E-state index is 12.5. The SMILES string of the molecule is CC(=O)c1ccc(S(=O)(=O)NCc2ccc(C(=O)NCc3ccc(N(C)C)nc3)cc2)cc1. The largest absolute Gasteiger partial charge is 0.363 e. The van der Waals surface area contributed by atoms with Gasteiger partial charge in [0.25, 0.3) is 5.91 Å². The van der Waals surface area contributed by atoms with E-state index in [9.17, 15) is 18.0 Å². The number of amides is 1. The lowest BCUT2D eigenvalue weighted by Crippen LogP contribution is -2.24. The molecule has 0 fully saturated rings. The summed E-state index contributed by atoms with van der Waals surface area (Å²) in [6.45, 7) is 1.84. The highest BCUT2D eigenvalue weighted by atomic mass is 32.2. The average Bonchev–Trinajstić information content (AvgIpc) is 2.82. The molecule has 1 amide bonds. The van der Waals surface area contributed by atoms with Gasteiger partial charge in [-0.15, -0.1) is 0 Å². The van der Waals surface area contributed by atoms with Gasteiger partial charge in [0, 0.05) is 44.5 Å². The molecule has 0 radical (unpaired) electrons. The maximum Gasteiger partial charge on any atom is 0.251 e. The predicted molar refractivity (Wildman–Crippen MR) is 127 cm³/mol. The number of nitrogens with one attached hydrogen (secondary N) is 2. The van der Waals surface area contributed by atoms with Gasteiger partial charge in [-0.25, -0.2) is 18.1 Å². The second-order valence-electron chi connectivity index (χ2n) is 7.70. The van der Waals surface area contributed by atoms with E-state index >= 15 is 0 Å². The Balaban J connectivity index is 1.54. The first-order valence-corrected chi connectivity index (χ1v) is 11.7. The van der Waals surface area contributed by atoms with Crippen LogP contribution in [0.3, 0.4) is 0 Å². The van der Waals surface area contributed by atoms with Crippen molar-refractivity contribution in [3.8, 4) is 0 Å². The molecular weight excluding hydrogens is 440 g/mol. The van der Waals surface area contributed by atoms with Gasteiger partial charge in [0.15, 0.2) is 5.78 Å². The highest BCUT2D eigenvalue weighted by Crippen LogP contribution is 2.13. The number of carbonyl (C=O) groups is 2. The van der Waals surface area contributed by atoms with Crippen molar-refractivity contribution in [1.29, 1.82) is 0 Å². The van der Waals surface area contributed by atoms with E-state index in [-0.39, 0.29) is 23.1 Å². The number of anilines is 1. The minimum Gasteiger partial charge on any atom is -0.363 e. The van der Waals surface area contributed by atoms with Gasteiger partial charge in [0.1, 0.15) is 5.82 Å². The number of benzene rings is 2. The van der Waals surface area contributed by atoms with Gasteiger partial charge >= 0.3 is 0 Å². The summed E-state index contributed by atoms with van der Waals surface area (Å²) in [5.74, 6) is 0.476. The number of nitrogens with zero attached hydrogens (tertiary/aromatic N) is 2. The lowest BCUT2D eigenvalue weighted by Gasteiger charge is -2.11. The van der Waals surface area contributed by atoms with Gasteiger partial charge in [-0.2, -0.15) is 0 Å². The molecule has 3 rings (SSSR count). The Morgan fingerprint density at radius 3 is 2.00 bits per heavy atom. The number of ketones is 1. The van der Waals surface area contributed by atoms with Crippen molar-refractivity contribution >= 4 is 27.5 Å². The maximum absolute atomic E-state index is 12.5. The third-order valence-electron chi connectivity index (χ3n) is 4.97. The number of Topliss-reactive ketones (excluding diaryl/α,β-unsaturated/α-hetero) is 1. The highest BCUT2D eigenvalue weighted by Gasteiger charge is 2.14. The Kier molecular flexibility index (Phi) is 7.57. The summed E-state index contributed by atoms with van der Waals surface area (Å²) >= 11 is 0. The summed E-state index contributed by atoms with van der Waals surface area (Å²) in [6, 6.07) is 16.2. The number of carbonyl (C=O) groups excluding carboxylic acids is 2. The molecule has 1 aromatic heterocycles. The third kappa shape index (κ3) is 6.47. The van der Waals surface area contributed by atoms with Gasteiger partial charge in [-0.3, -0.25) is 9.59 Å². The first kappa shape index (κ1) is 24.1. The van der Waals surface area contributed by atoms with E-state index in [1.807, 2.05) is 31.1 Å². The average molecular weight is 467 g/mol. The zero-order valence-electron chi connectivity index (χ0n) is 18.7. The number of rotatable bonds is 9. The molecule has 0 spiro atoms. The third-order valence-corrected chi connectivity index (χ3v) is 6.39. The minimum absolute atomic E-state index is 0.0720. The lowest BCUT2D eigenvalue weighted by atomic mass is 10.1. The summed E-state index contributed by atoms with van der Waals surface area (Å²) in [4.78, 5) is 30.0. The second-order valence-corrected chi connectivity index (χ2v) is 9.47. The first-order chi connectivity index (χ1) is 15.7. The normalized spacial score (nSPS) is 11.1. The Bertz CT molecular complexity index is 1220. The highest BCUT2D eigenvalue weighted by molar-refractivity contribution is 7.89. The van der Waals surface area contributed by atoms with Crippen LogP contribution in [-0.2, 0) is 23.1 Å². The van der Waals surface area contributed by atoms with Crippen molar-refractivity contribution in [3.05, 3.63) is 89.1 Å². The van der Waals surface area contributed by atoms with Crippen LogP contribution in [0.25, 0.3) is 0 Å². The molecular formula is C24H26N4O4S. The van der Waals surface area contributed by atoms with E-state index in [4.69, 9.17) is 0 Å². The summed E-state index contributed by atoms with van der Waals surface area (Å²) in [5.41, 5.74) is 2.51. The van der Waals surface area contributed by atoms with Gasteiger partial charge in [0.2, 0.25) is 10.0 Å². The monoisotopic (exact) mass is 466 g/mol. The molecule has 9 heteroatoms. The van der Waals surface area contributed by atoms with Crippen molar-refractivity contribution in [1.82, 2.24) is 15.0 Å². The molecule has 0 saturated heterocycles. The number of hydrogen-bond donors (Lipinski definition) is 2. The Labute approximate surface area is 193 Å². The molecule has 0 saturated carbocycles. The Morgan fingerprint density at radius 1 is 0.848 bits per heavy atom. The minimum atomic E-state index is -3.72. The number of hydrogen-bond acceptors (Lipinski definition) is 6. The van der Waals surface area contributed by atoms with Crippen LogP contribution in [0, 0.1) is 0 Å². The van der Waals surface area contributed by atoms with E-state index in [0.717, 1.165) is 11.4 Å². The first-order valence-electron chi connectivity index (χ1n) is 10.3. The Hall–Kier alpha value is -3.56. The Morgan fingerprint density at radius 2 is 1.45 bits per heavy atom. The van der Waals surface area contributed by atoms with Crippen molar-refractivity contribution in [2.24, 2.45) is 0 Å². The van der Waals surface area contributed by atoms with Gasteiger partial charge in [-0.05, 0) is 48.4 Å². The molecule has 8 nitrogen and oxygen atoms in total. The van der Waals surface area contributed by atoms with E-state index in [2.05, 4.69) is 15.0 Å². The molecule has 0 aliphatic carbocycles. The van der Waals surface area contributed by atoms with Gasteiger partial charge < -0.3 is 10.2 Å². The molecule has 33 heavy (non-hydrogen) atoms. The summed E-state index contributed by atoms with van der Waals surface area (Å²) in [7, 11) is 0.0912. The van der Waals surface area contributed by atoms with Crippen LogP contribution in [0.5, 0.6) is 0 Å². The van der Waals surface area contributed by atoms with Crippen LogP contribution in [-0.4, -0.2) is 39.2 Å². The molecule has 0 unspecified atom stereocenters. The molecule has 2 aromatic carbocycles. The number of pyridine rings is 1. The quantitative estimate of drug-likeness (QED) is 0.470. The fourth-order valence-corrected chi connectivity index (χ4v) is 3.99. The molecule has 1 heterocycles. The standard InChI is InChI=1S/C24H26N4O4S/c1-17(29)20-9-11-22(12-10-20)33(31,32)27-16-18-4-7-21(8-5-18)24(30)26-15-19-6-13-23(25-14-19)28(2)3/h4-14,27H,15-16H2,1-3H3,(H,26,30). The molecule has 0 aliphatic rings. The van der Waals surface area contributed by atoms with Crippen molar-refractivity contribution < 1.29 is 18.0 Å². The predicted octanol–water partition coefficient (Wildman–Crippen LogP) is 2.76. The van der Waals surface area contributed by atoms with Crippen LogP contribution >= 0.6 is 0 Å². The second kappa shape index (κ2) is 10.4. The van der Waals surface area contributed by atoms with E-state index in [1.165, 1.54) is 31.2 Å². The number of aromatic nitrogens is 1. The zero-order valence-corrected chi connectivity index (χ0v) is 19.5. The van der Waals surface area contributed by atoms with Crippen molar-refractivity contribution in [3.63, 3.8) is 0 Å². The molecule has 172 valence electrons. The van der Waals surface area contributed by atoms with Crippen LogP contribution in [0.15, 0.2) is 71.8 Å². The van der Waals surface area contributed by atoms with E-state index in [0.29, 0.717) is 23.2 Å². The van der Waals surface area contributed by atoms with Gasteiger partial charge in [-0.1, -0.05) is 30.3 Å². The summed E-state index contributed by atoms with van der Waals surface area (Å²) in [5, 5.41) is 2.85. The number of sulfonamides is 1. The molecule has 0 atom stereocenters. The van der Waals surface area contributed by atoms with Crippen LogP contribution < -0.4 is 14.9 Å². The van der Waals surface area contributed by atoms with E-state index < -0.39 is 10.0 Å². The summed E-state index contributed by atoms with van der Waals surface area (Å²) < 4.78 is 27.5. The zero-order chi connectivity index (χ0) is 24.0. The van der Waals surface area contributed by atoms with Crippen molar-refractivity contribution in [2.75, 3.05) is 19.0 Å². The topological polar surface area (TPSA) is 108 Å². The molecule has 3 aromatic rings. The van der Waals surface area contributed by atoms with Crippen LogP contribution in [0.2, 0.25) is 0 Å². The smallest absolute Gasteiger partial charge is 0.251 e. The summed E-state index contributed by atoms with van der Waals surface area (Å²) in [6.07, 6.45) is 1.72. The van der Waals surface area contributed by atoms with E-state index in [1.54, 1.807) is 30.5 Å². The van der Waals surface area contributed by atoms with Crippen LogP contribution in [0.4, 0.5) is 5.82 Å². The van der Waals surface area contributed by atoms with Gasteiger partial charge in [0.05, 0.1) is 4.90 Å². The van der Waals surface area contributed by atoms with Crippen molar-refractivity contribution in [2.45, 2.75) is 24.9 Å². The molecule has 2 N–H and O–H groups in total. The molecule has 0 aliphatic heterocycles. The fourth-order valence-electron chi connectivity index (χ4n) is 2.97. The van der Waals surface area contributed by atoms with Crippen LogP contribution in [0.1, 0.15) is 38.8 Å². The fraction of sp³-hybridized carbons (Fsp3) is 0.208. The lowest BCUT2D eigenvalue weighted by molar-refractivity contribution is 0.0950. The molecule has 0 bridgehead atoms.